The van der Waals surface area contributed by atoms with Gasteiger partial charge >= 0.3 is 0 Å². The summed E-state index contributed by atoms with van der Waals surface area (Å²) in [5, 5.41) is 6.59. The third-order valence-corrected chi connectivity index (χ3v) is 4.61. The van der Waals surface area contributed by atoms with E-state index in [9.17, 15) is 4.79 Å². The number of nitrogens with one attached hydrogen (secondary N) is 2. The topological polar surface area (TPSA) is 50.4 Å². The van der Waals surface area contributed by atoms with Crippen LogP contribution in [-0.4, -0.2) is 37.2 Å². The number of hydrogen-bond donors (Lipinski definition) is 2. The van der Waals surface area contributed by atoms with Crippen molar-refractivity contribution in [3.05, 3.63) is 0 Å². The average Bonchev–Trinajstić information content (AvgIpc) is 2.72. The lowest BCUT2D eigenvalue weighted by Crippen LogP contribution is -2.55. The van der Waals surface area contributed by atoms with Gasteiger partial charge in [-0.05, 0) is 38.3 Å². The molecule has 2 aliphatic heterocycles. The fraction of sp³-hybridized carbons (Fsp3) is 0.929. The van der Waals surface area contributed by atoms with Crippen molar-refractivity contribution in [2.75, 3.05) is 19.7 Å². The van der Waals surface area contributed by atoms with Crippen molar-refractivity contribution < 1.29 is 9.53 Å². The molecule has 4 heteroatoms. The average molecular weight is 254 g/mol. The maximum atomic E-state index is 12.2. The number of ether oxygens (including phenoxy) is 1. The predicted molar refractivity (Wildman–Crippen MR) is 71.3 cm³/mol. The first-order chi connectivity index (χ1) is 8.55. The van der Waals surface area contributed by atoms with E-state index >= 15 is 0 Å². The molecule has 2 N–H and O–H groups in total. The molecular weight excluding hydrogens is 228 g/mol. The Morgan fingerprint density at radius 3 is 2.61 bits per heavy atom. The van der Waals surface area contributed by atoms with Crippen LogP contribution in [-0.2, 0) is 9.53 Å². The standard InChI is InChI=1S/C14H26N2O2/c1-10(2)11(3)13(17)16-12-4-9-18-14(12)5-7-15-8-6-14/h10-12,15H,4-9H2,1-3H3,(H,16,17). The molecule has 2 fully saturated rings. The fourth-order valence-corrected chi connectivity index (χ4v) is 2.90. The second-order valence-electron chi connectivity index (χ2n) is 6.05. The minimum atomic E-state index is -0.0996. The van der Waals surface area contributed by atoms with Crippen LogP contribution < -0.4 is 10.6 Å². The zero-order valence-electron chi connectivity index (χ0n) is 11.8. The second-order valence-corrected chi connectivity index (χ2v) is 6.05. The van der Waals surface area contributed by atoms with Gasteiger partial charge in [-0.1, -0.05) is 20.8 Å². The molecule has 0 aromatic rings. The Morgan fingerprint density at radius 2 is 2.00 bits per heavy atom. The molecule has 0 radical (unpaired) electrons. The van der Waals surface area contributed by atoms with Gasteiger partial charge in [0, 0.05) is 12.5 Å². The Kier molecular flexibility index (Phi) is 4.28. The van der Waals surface area contributed by atoms with Crippen molar-refractivity contribution in [1.29, 1.82) is 0 Å². The predicted octanol–water partition coefficient (Wildman–Crippen LogP) is 1.31. The van der Waals surface area contributed by atoms with Crippen molar-refractivity contribution >= 4 is 5.91 Å². The summed E-state index contributed by atoms with van der Waals surface area (Å²) in [6.45, 7) is 8.95. The summed E-state index contributed by atoms with van der Waals surface area (Å²) in [5.74, 6) is 0.638. The smallest absolute Gasteiger partial charge is 0.223 e. The van der Waals surface area contributed by atoms with Crippen molar-refractivity contribution in [2.24, 2.45) is 11.8 Å². The maximum absolute atomic E-state index is 12.2. The Bertz CT molecular complexity index is 298. The lowest BCUT2D eigenvalue weighted by Gasteiger charge is -2.38. The van der Waals surface area contributed by atoms with Crippen LogP contribution in [0.2, 0.25) is 0 Å². The normalized spacial score (nSPS) is 28.6. The Labute approximate surface area is 110 Å². The van der Waals surface area contributed by atoms with E-state index in [1.165, 1.54) is 0 Å². The Hall–Kier alpha value is -0.610. The molecule has 2 atom stereocenters. The van der Waals surface area contributed by atoms with Crippen LogP contribution in [0, 0.1) is 11.8 Å². The molecule has 1 amide bonds. The highest BCUT2D eigenvalue weighted by Gasteiger charge is 2.45. The van der Waals surface area contributed by atoms with Gasteiger partial charge in [-0.25, -0.2) is 0 Å². The van der Waals surface area contributed by atoms with Gasteiger partial charge in [0.15, 0.2) is 0 Å². The van der Waals surface area contributed by atoms with Gasteiger partial charge in [-0.2, -0.15) is 0 Å². The molecule has 0 aromatic heterocycles. The van der Waals surface area contributed by atoms with E-state index in [4.69, 9.17) is 4.74 Å². The summed E-state index contributed by atoms with van der Waals surface area (Å²) in [5.41, 5.74) is -0.0996. The quantitative estimate of drug-likeness (QED) is 0.798. The molecule has 4 nitrogen and oxygen atoms in total. The highest BCUT2D eigenvalue weighted by Crippen LogP contribution is 2.34. The molecule has 1 spiro atoms. The SMILES string of the molecule is CC(C)C(C)C(=O)NC1CCOC12CCNCC2. The van der Waals surface area contributed by atoms with E-state index in [1.807, 2.05) is 6.92 Å². The molecule has 2 heterocycles. The van der Waals surface area contributed by atoms with Gasteiger partial charge in [-0.15, -0.1) is 0 Å². The largest absolute Gasteiger partial charge is 0.373 e. The summed E-state index contributed by atoms with van der Waals surface area (Å²) in [6.07, 6.45) is 2.97. The fourth-order valence-electron chi connectivity index (χ4n) is 2.90. The van der Waals surface area contributed by atoms with E-state index in [0.717, 1.165) is 39.0 Å². The molecule has 0 bridgehead atoms. The molecule has 2 unspecified atom stereocenters. The van der Waals surface area contributed by atoms with Crippen LogP contribution >= 0.6 is 0 Å². The second kappa shape index (κ2) is 5.57. The first-order valence-corrected chi connectivity index (χ1v) is 7.20. The summed E-state index contributed by atoms with van der Waals surface area (Å²) >= 11 is 0. The third kappa shape index (κ3) is 2.69. The first kappa shape index (κ1) is 13.8. The van der Waals surface area contributed by atoms with Crippen LogP contribution in [0.5, 0.6) is 0 Å². The zero-order valence-corrected chi connectivity index (χ0v) is 11.8. The van der Waals surface area contributed by atoms with Crippen LogP contribution in [0.25, 0.3) is 0 Å². The number of hydrogen-bond acceptors (Lipinski definition) is 3. The van der Waals surface area contributed by atoms with Gasteiger partial charge in [0.25, 0.3) is 0 Å². The van der Waals surface area contributed by atoms with Gasteiger partial charge in [-0.3, -0.25) is 4.79 Å². The third-order valence-electron chi connectivity index (χ3n) is 4.61. The molecule has 18 heavy (non-hydrogen) atoms. The first-order valence-electron chi connectivity index (χ1n) is 7.20. The van der Waals surface area contributed by atoms with E-state index in [-0.39, 0.29) is 23.5 Å². The van der Waals surface area contributed by atoms with Crippen molar-refractivity contribution in [3.63, 3.8) is 0 Å². The van der Waals surface area contributed by atoms with E-state index < -0.39 is 0 Å². The zero-order chi connectivity index (χ0) is 13.2. The van der Waals surface area contributed by atoms with E-state index in [1.54, 1.807) is 0 Å². The molecule has 104 valence electrons. The molecular formula is C14H26N2O2. The molecule has 0 saturated carbocycles. The lowest BCUT2D eigenvalue weighted by molar-refractivity contribution is -0.128. The van der Waals surface area contributed by atoms with Crippen LogP contribution in [0.3, 0.4) is 0 Å². The Balaban J connectivity index is 1.97. The van der Waals surface area contributed by atoms with E-state index in [2.05, 4.69) is 24.5 Å². The van der Waals surface area contributed by atoms with Gasteiger partial charge < -0.3 is 15.4 Å². The van der Waals surface area contributed by atoms with Crippen molar-refractivity contribution in [3.8, 4) is 0 Å². The number of piperidine rings is 1. The summed E-state index contributed by atoms with van der Waals surface area (Å²) in [6, 6.07) is 0.202. The summed E-state index contributed by atoms with van der Waals surface area (Å²) in [7, 11) is 0. The van der Waals surface area contributed by atoms with Crippen molar-refractivity contribution in [1.82, 2.24) is 10.6 Å². The van der Waals surface area contributed by atoms with Gasteiger partial charge in [0.1, 0.15) is 0 Å². The maximum Gasteiger partial charge on any atom is 0.223 e. The lowest BCUT2D eigenvalue weighted by atomic mass is 9.84. The molecule has 0 aliphatic carbocycles. The summed E-state index contributed by atoms with van der Waals surface area (Å²) in [4.78, 5) is 12.2. The molecule has 2 saturated heterocycles. The van der Waals surface area contributed by atoms with Crippen LogP contribution in [0.1, 0.15) is 40.0 Å². The summed E-state index contributed by atoms with van der Waals surface area (Å²) < 4.78 is 5.98. The molecule has 2 aliphatic rings. The van der Waals surface area contributed by atoms with Gasteiger partial charge in [0.2, 0.25) is 5.91 Å². The Morgan fingerprint density at radius 1 is 1.33 bits per heavy atom. The highest BCUT2D eigenvalue weighted by atomic mass is 16.5. The highest BCUT2D eigenvalue weighted by molar-refractivity contribution is 5.79. The molecule has 2 rings (SSSR count). The monoisotopic (exact) mass is 254 g/mol. The van der Waals surface area contributed by atoms with Crippen molar-refractivity contribution in [2.45, 2.75) is 51.7 Å². The van der Waals surface area contributed by atoms with Crippen LogP contribution in [0.15, 0.2) is 0 Å². The number of carbonyl (C=O) groups excluding carboxylic acids is 1. The minimum absolute atomic E-state index is 0.0735. The van der Waals surface area contributed by atoms with E-state index in [0.29, 0.717) is 5.92 Å². The number of carbonyl (C=O) groups is 1. The number of rotatable bonds is 3. The minimum Gasteiger partial charge on any atom is -0.373 e. The number of amides is 1. The van der Waals surface area contributed by atoms with Crippen LogP contribution in [0.4, 0.5) is 0 Å². The molecule has 0 aromatic carbocycles. The van der Waals surface area contributed by atoms with Gasteiger partial charge in [0.05, 0.1) is 11.6 Å².